The van der Waals surface area contributed by atoms with Crippen LogP contribution in [0.3, 0.4) is 0 Å². The summed E-state index contributed by atoms with van der Waals surface area (Å²) in [5.74, 6) is 0.665. The van der Waals surface area contributed by atoms with Crippen molar-refractivity contribution in [3.8, 4) is 5.75 Å². The van der Waals surface area contributed by atoms with Gasteiger partial charge in [0.05, 0.1) is 17.6 Å². The zero-order valence-corrected chi connectivity index (χ0v) is 17.1. The first-order chi connectivity index (χ1) is 14.5. The van der Waals surface area contributed by atoms with Gasteiger partial charge in [-0.05, 0) is 42.8 Å². The average Bonchev–Trinajstić information content (AvgIpc) is 2.75. The first kappa shape index (κ1) is 21.3. The van der Waals surface area contributed by atoms with Crippen molar-refractivity contribution in [2.45, 2.75) is 19.4 Å². The maximum atomic E-state index is 12.8. The van der Waals surface area contributed by atoms with Crippen LogP contribution < -0.4 is 10.1 Å². The Hall–Kier alpha value is -3.38. The van der Waals surface area contributed by atoms with Crippen molar-refractivity contribution < 1.29 is 14.5 Å². The van der Waals surface area contributed by atoms with Crippen LogP contribution in [0.4, 0.5) is 11.4 Å². The molecule has 30 heavy (non-hydrogen) atoms. The van der Waals surface area contributed by atoms with Gasteiger partial charge in [-0.15, -0.1) is 0 Å². The highest BCUT2D eigenvalue weighted by atomic mass is 35.5. The summed E-state index contributed by atoms with van der Waals surface area (Å²) in [5, 5.41) is 14.7. The first-order valence-corrected chi connectivity index (χ1v) is 9.87. The lowest BCUT2D eigenvalue weighted by molar-refractivity contribution is -0.384. The van der Waals surface area contributed by atoms with Crippen LogP contribution in [0.15, 0.2) is 72.8 Å². The molecule has 1 unspecified atom stereocenters. The summed E-state index contributed by atoms with van der Waals surface area (Å²) in [7, 11) is 0. The van der Waals surface area contributed by atoms with Gasteiger partial charge in [0.25, 0.3) is 5.69 Å². The molecule has 0 saturated carbocycles. The molecule has 0 saturated heterocycles. The highest BCUT2D eigenvalue weighted by molar-refractivity contribution is 6.32. The van der Waals surface area contributed by atoms with Crippen LogP contribution >= 0.6 is 11.6 Å². The Morgan fingerprint density at radius 2 is 1.80 bits per heavy atom. The van der Waals surface area contributed by atoms with E-state index in [1.54, 1.807) is 30.3 Å². The molecule has 0 aromatic heterocycles. The lowest BCUT2D eigenvalue weighted by atomic mass is 9.97. The fourth-order valence-corrected chi connectivity index (χ4v) is 3.27. The Morgan fingerprint density at radius 1 is 1.10 bits per heavy atom. The van der Waals surface area contributed by atoms with Gasteiger partial charge in [0.1, 0.15) is 10.8 Å². The number of anilines is 1. The number of hydrogen-bond acceptors (Lipinski definition) is 5. The number of nitro groups is 1. The van der Waals surface area contributed by atoms with Crippen molar-refractivity contribution in [2.24, 2.45) is 0 Å². The molecular weight excluding hydrogens is 404 g/mol. The lowest BCUT2D eigenvalue weighted by Gasteiger charge is -2.20. The van der Waals surface area contributed by atoms with E-state index in [0.717, 1.165) is 11.4 Å². The standard InChI is InChI=1S/C23H21ClN2O4/c1-2-30-19-11-9-18(10-12-19)25-21(15-23(27)16-6-4-3-5-7-16)17-8-13-20(24)22(14-17)26(28)29/h3-14,21,25H,2,15H2,1H3. The third-order valence-electron chi connectivity index (χ3n) is 4.56. The predicted molar refractivity (Wildman–Crippen MR) is 117 cm³/mol. The second-order valence-electron chi connectivity index (χ2n) is 6.62. The Morgan fingerprint density at radius 3 is 2.43 bits per heavy atom. The summed E-state index contributed by atoms with van der Waals surface area (Å²) in [6, 6.07) is 20.4. The molecule has 6 nitrogen and oxygen atoms in total. The van der Waals surface area contributed by atoms with Gasteiger partial charge in [-0.3, -0.25) is 14.9 Å². The molecule has 0 aliphatic carbocycles. The number of ketones is 1. The number of nitro benzene ring substituents is 1. The molecule has 0 amide bonds. The number of carbonyl (C=O) groups is 1. The largest absolute Gasteiger partial charge is 0.494 e. The molecule has 0 aliphatic heterocycles. The molecular formula is C23H21ClN2O4. The minimum Gasteiger partial charge on any atom is -0.494 e. The SMILES string of the molecule is CCOc1ccc(NC(CC(=O)c2ccccc2)c2ccc(Cl)c([N+](=O)[O-])c2)cc1. The van der Waals surface area contributed by atoms with Gasteiger partial charge in [-0.25, -0.2) is 0 Å². The number of benzene rings is 3. The molecule has 1 atom stereocenters. The third kappa shape index (κ3) is 5.36. The lowest BCUT2D eigenvalue weighted by Crippen LogP contribution is -2.16. The van der Waals surface area contributed by atoms with E-state index >= 15 is 0 Å². The Balaban J connectivity index is 1.91. The molecule has 0 spiro atoms. The van der Waals surface area contributed by atoms with E-state index in [2.05, 4.69) is 5.32 Å². The fraction of sp³-hybridized carbons (Fsp3) is 0.174. The van der Waals surface area contributed by atoms with Crippen molar-refractivity contribution in [1.82, 2.24) is 0 Å². The highest BCUT2D eigenvalue weighted by Crippen LogP contribution is 2.32. The summed E-state index contributed by atoms with van der Waals surface area (Å²) in [5.41, 5.74) is 1.76. The van der Waals surface area contributed by atoms with Crippen molar-refractivity contribution in [2.75, 3.05) is 11.9 Å². The van der Waals surface area contributed by atoms with Crippen molar-refractivity contribution in [1.29, 1.82) is 0 Å². The molecule has 154 valence electrons. The number of rotatable bonds is 9. The molecule has 3 rings (SSSR count). The molecule has 0 aliphatic rings. The normalized spacial score (nSPS) is 11.5. The topological polar surface area (TPSA) is 81.5 Å². The van der Waals surface area contributed by atoms with E-state index in [-0.39, 0.29) is 22.9 Å². The first-order valence-electron chi connectivity index (χ1n) is 9.49. The van der Waals surface area contributed by atoms with E-state index in [1.165, 1.54) is 12.1 Å². The number of Topliss-reactive ketones (excluding diaryl/α,β-unsaturated/α-hetero) is 1. The van der Waals surface area contributed by atoms with E-state index in [0.29, 0.717) is 17.7 Å². The molecule has 0 fully saturated rings. The van der Waals surface area contributed by atoms with E-state index in [9.17, 15) is 14.9 Å². The van der Waals surface area contributed by atoms with Crippen LogP contribution in [0.25, 0.3) is 0 Å². The van der Waals surface area contributed by atoms with Gasteiger partial charge < -0.3 is 10.1 Å². The second kappa shape index (κ2) is 9.89. The number of nitrogens with one attached hydrogen (secondary N) is 1. The van der Waals surface area contributed by atoms with Crippen LogP contribution in [-0.4, -0.2) is 17.3 Å². The Kier molecular flexibility index (Phi) is 7.03. The van der Waals surface area contributed by atoms with Gasteiger partial charge in [-0.2, -0.15) is 0 Å². The Labute approximate surface area is 179 Å². The smallest absolute Gasteiger partial charge is 0.288 e. The molecule has 3 aromatic carbocycles. The van der Waals surface area contributed by atoms with Crippen LogP contribution in [0.1, 0.15) is 35.3 Å². The molecule has 1 N–H and O–H groups in total. The molecule has 0 radical (unpaired) electrons. The molecule has 3 aromatic rings. The van der Waals surface area contributed by atoms with Crippen LogP contribution in [0.2, 0.25) is 5.02 Å². The zero-order chi connectivity index (χ0) is 21.5. The van der Waals surface area contributed by atoms with Gasteiger partial charge in [0.2, 0.25) is 0 Å². The van der Waals surface area contributed by atoms with E-state index in [4.69, 9.17) is 16.3 Å². The summed E-state index contributed by atoms with van der Waals surface area (Å²) < 4.78 is 5.46. The number of nitrogens with zero attached hydrogens (tertiary/aromatic N) is 1. The fourth-order valence-electron chi connectivity index (χ4n) is 3.08. The monoisotopic (exact) mass is 424 g/mol. The number of carbonyl (C=O) groups excluding carboxylic acids is 1. The van der Waals surface area contributed by atoms with Gasteiger partial charge in [0.15, 0.2) is 5.78 Å². The maximum absolute atomic E-state index is 12.8. The number of hydrogen-bond donors (Lipinski definition) is 1. The van der Waals surface area contributed by atoms with Crippen molar-refractivity contribution in [3.63, 3.8) is 0 Å². The van der Waals surface area contributed by atoms with E-state index in [1.807, 2.05) is 37.3 Å². The van der Waals surface area contributed by atoms with Gasteiger partial charge in [-0.1, -0.05) is 48.0 Å². The third-order valence-corrected chi connectivity index (χ3v) is 4.88. The predicted octanol–water partition coefficient (Wildman–Crippen LogP) is 6.07. The summed E-state index contributed by atoms with van der Waals surface area (Å²) in [6.45, 7) is 2.47. The number of halogens is 1. The van der Waals surface area contributed by atoms with Crippen LogP contribution in [0, 0.1) is 10.1 Å². The minimum absolute atomic E-state index is 0.0537. The van der Waals surface area contributed by atoms with Crippen molar-refractivity contribution >= 4 is 28.8 Å². The number of ether oxygens (including phenoxy) is 1. The quantitative estimate of drug-likeness (QED) is 0.256. The summed E-state index contributed by atoms with van der Waals surface area (Å²) in [4.78, 5) is 23.6. The average molecular weight is 425 g/mol. The second-order valence-corrected chi connectivity index (χ2v) is 7.02. The van der Waals surface area contributed by atoms with Crippen LogP contribution in [0.5, 0.6) is 5.75 Å². The zero-order valence-electron chi connectivity index (χ0n) is 16.4. The minimum atomic E-state index is -0.529. The van der Waals surface area contributed by atoms with E-state index < -0.39 is 11.0 Å². The van der Waals surface area contributed by atoms with Crippen LogP contribution in [-0.2, 0) is 0 Å². The van der Waals surface area contributed by atoms with Crippen molar-refractivity contribution in [3.05, 3.63) is 99.1 Å². The van der Waals surface area contributed by atoms with Gasteiger partial charge in [0, 0.05) is 23.7 Å². The van der Waals surface area contributed by atoms with Gasteiger partial charge >= 0.3 is 0 Å². The molecule has 0 heterocycles. The Bertz CT molecular complexity index is 1020. The molecule has 7 heteroatoms. The summed E-state index contributed by atoms with van der Waals surface area (Å²) in [6.07, 6.45) is 0.121. The maximum Gasteiger partial charge on any atom is 0.288 e. The molecule has 0 bridgehead atoms. The highest BCUT2D eigenvalue weighted by Gasteiger charge is 2.21. The summed E-state index contributed by atoms with van der Waals surface area (Å²) >= 11 is 5.96.